The normalized spacial score (nSPS) is 44.8. The van der Waals surface area contributed by atoms with Gasteiger partial charge in [-0.3, -0.25) is 4.79 Å². The Kier molecular flexibility index (Phi) is 10.4. The molecule has 0 aromatic carbocycles. The lowest BCUT2D eigenvalue weighted by molar-refractivity contribution is -0.226. The minimum Gasteiger partial charge on any atom is -0.481 e. The van der Waals surface area contributed by atoms with E-state index in [9.17, 15) is 22.7 Å². The molecule has 6 nitrogen and oxygen atoms in total. The topological polar surface area (TPSA) is 86.7 Å². The summed E-state index contributed by atoms with van der Waals surface area (Å²) in [5, 5.41) is 13.8. The lowest BCUT2D eigenvalue weighted by atomic mass is 9.32. The van der Waals surface area contributed by atoms with Crippen molar-refractivity contribution in [3.8, 4) is 0 Å². The largest absolute Gasteiger partial charge is 0.481 e. The van der Waals surface area contributed by atoms with Gasteiger partial charge in [0.15, 0.2) is 9.84 Å². The van der Waals surface area contributed by atoms with Gasteiger partial charge in [-0.2, -0.15) is 0 Å². The lowest BCUT2D eigenvalue weighted by Crippen LogP contribution is -2.66. The van der Waals surface area contributed by atoms with Crippen LogP contribution in [0.15, 0.2) is 35.5 Å². The molecule has 0 amide bonds. The van der Waals surface area contributed by atoms with Crippen molar-refractivity contribution in [1.82, 2.24) is 10.2 Å². The fourth-order valence-corrected chi connectivity index (χ4v) is 16.3. The molecule has 10 atom stereocenters. The zero-order chi connectivity index (χ0) is 38.2. The molecule has 0 bridgehead atoms. The third kappa shape index (κ3) is 6.28. The highest BCUT2D eigenvalue weighted by molar-refractivity contribution is 7.91. The molecule has 0 aromatic heterocycles. The van der Waals surface area contributed by atoms with E-state index in [0.717, 1.165) is 32.5 Å². The maximum Gasteiger partial charge on any atom is 0.312 e. The molecular formula is C45H71FN2O4S. The first-order chi connectivity index (χ1) is 24.9. The minimum atomic E-state index is -2.84. The van der Waals surface area contributed by atoms with Crippen molar-refractivity contribution in [2.75, 3.05) is 50.9 Å². The van der Waals surface area contributed by atoms with Gasteiger partial charge in [-0.15, -0.1) is 0 Å². The van der Waals surface area contributed by atoms with Gasteiger partial charge in [0.25, 0.3) is 0 Å². The smallest absolute Gasteiger partial charge is 0.312 e. The molecular weight excluding hydrogens is 684 g/mol. The van der Waals surface area contributed by atoms with Crippen LogP contribution in [0.1, 0.15) is 125 Å². The zero-order valence-corrected chi connectivity index (χ0v) is 34.8. The predicted octanol–water partition coefficient (Wildman–Crippen LogP) is 9.04. The highest BCUT2D eigenvalue weighted by Crippen LogP contribution is 2.77. The molecule has 0 aromatic rings. The monoisotopic (exact) mass is 755 g/mol. The fraction of sp³-hybridized carbons (Fsp3) is 0.844. The Morgan fingerprint density at radius 1 is 0.943 bits per heavy atom. The van der Waals surface area contributed by atoms with E-state index < -0.39 is 27.9 Å². The van der Waals surface area contributed by atoms with Crippen LogP contribution < -0.4 is 5.32 Å². The van der Waals surface area contributed by atoms with Crippen LogP contribution in [0.2, 0.25) is 0 Å². The number of fused-ring (bicyclic) bond motifs is 7. The zero-order valence-electron chi connectivity index (χ0n) is 34.0. The maximum absolute atomic E-state index is 14.0. The van der Waals surface area contributed by atoms with Gasteiger partial charge in [0, 0.05) is 19.6 Å². The summed E-state index contributed by atoms with van der Waals surface area (Å²) in [5.74, 6) is 2.83. The quantitative estimate of drug-likeness (QED) is 0.171. The number of nitrogens with zero attached hydrogens (tertiary/aromatic N) is 1. The van der Waals surface area contributed by atoms with E-state index in [1.165, 1.54) is 68.1 Å². The number of alkyl halides is 1. The number of sulfone groups is 1. The third-order valence-corrected chi connectivity index (χ3v) is 19.8. The molecule has 2 N–H and O–H groups in total. The standard InChI is InChI=1S/C45H71FN2O4S/c1-31(2)33-13-20-45(30-47-23-8-24-48-25-27-53(51,52)28-26-48)22-21-42(6)35(38(33)45)9-10-37-41(5)16-14-34(40(3,4)36(41)15-17-43(37,42)7)32-11-18-44(29-46,19-12-32)39(49)50/h11,14,33,35-38,47H,1,8-10,12-13,15-30H2,2-7H3,(H,49,50). The first-order valence-corrected chi connectivity index (χ1v) is 23.2. The average Bonchev–Trinajstić information content (AvgIpc) is 3.49. The highest BCUT2D eigenvalue weighted by Gasteiger charge is 2.70. The van der Waals surface area contributed by atoms with Crippen molar-refractivity contribution in [2.45, 2.75) is 125 Å². The summed E-state index contributed by atoms with van der Waals surface area (Å²) in [5.41, 5.74) is 3.92. The average molecular weight is 755 g/mol. The first kappa shape index (κ1) is 39.7. The molecule has 7 aliphatic rings. The lowest BCUT2D eigenvalue weighted by Gasteiger charge is -2.72. The molecule has 4 saturated carbocycles. The second-order valence-electron chi connectivity index (χ2n) is 20.8. The molecule has 0 radical (unpaired) electrons. The van der Waals surface area contributed by atoms with Crippen molar-refractivity contribution in [1.29, 1.82) is 0 Å². The molecule has 7 rings (SSSR count). The van der Waals surface area contributed by atoms with Crippen molar-refractivity contribution in [2.24, 2.45) is 62.1 Å². The van der Waals surface area contributed by atoms with Crippen LogP contribution in [0.25, 0.3) is 0 Å². The first-order valence-electron chi connectivity index (χ1n) is 21.4. The van der Waals surface area contributed by atoms with Crippen LogP contribution in [0.5, 0.6) is 0 Å². The van der Waals surface area contributed by atoms with Crippen LogP contribution in [0.4, 0.5) is 4.39 Å². The van der Waals surface area contributed by atoms with Gasteiger partial charge in [-0.25, -0.2) is 12.8 Å². The van der Waals surface area contributed by atoms with E-state index in [2.05, 4.69) is 70.5 Å². The van der Waals surface area contributed by atoms with Gasteiger partial charge in [0.1, 0.15) is 6.67 Å². The predicted molar refractivity (Wildman–Crippen MR) is 213 cm³/mol. The molecule has 1 aliphatic heterocycles. The van der Waals surface area contributed by atoms with E-state index in [1.54, 1.807) is 0 Å². The number of halogens is 1. The van der Waals surface area contributed by atoms with E-state index in [1.807, 2.05) is 0 Å². The molecule has 6 aliphatic carbocycles. The molecule has 10 unspecified atom stereocenters. The summed E-state index contributed by atoms with van der Waals surface area (Å²) in [6, 6.07) is 0. The number of rotatable bonds is 10. The Hall–Kier alpha value is -1.51. The van der Waals surface area contributed by atoms with E-state index in [-0.39, 0.29) is 21.7 Å². The summed E-state index contributed by atoms with van der Waals surface area (Å²) in [7, 11) is -2.84. The summed E-state index contributed by atoms with van der Waals surface area (Å²) >= 11 is 0. The Balaban J connectivity index is 1.08. The van der Waals surface area contributed by atoms with Crippen LogP contribution in [-0.2, 0) is 14.6 Å². The van der Waals surface area contributed by atoms with Crippen LogP contribution in [0.3, 0.4) is 0 Å². The second kappa shape index (κ2) is 13.9. The van der Waals surface area contributed by atoms with Crippen molar-refractivity contribution >= 4 is 15.8 Å². The number of carboxylic acid groups (broad SMARTS) is 1. The molecule has 1 saturated heterocycles. The number of allylic oxidation sites excluding steroid dienone is 5. The van der Waals surface area contributed by atoms with E-state index in [4.69, 9.17) is 0 Å². The van der Waals surface area contributed by atoms with Crippen LogP contribution >= 0.6 is 0 Å². The molecule has 53 heavy (non-hydrogen) atoms. The maximum atomic E-state index is 14.0. The second-order valence-corrected chi connectivity index (χ2v) is 23.1. The fourth-order valence-electron chi connectivity index (χ4n) is 15.0. The SMILES string of the molecule is C=C(C)C1CCC2(CNCCCN3CCS(=O)(=O)CC3)CCC3(C)C(CCC4C5(C)CC=C(C6=CCC(CF)(C(=O)O)CC6)C(C)(C)C5CCC43C)C12. The number of carboxylic acids is 1. The summed E-state index contributed by atoms with van der Waals surface area (Å²) in [4.78, 5) is 14.3. The summed E-state index contributed by atoms with van der Waals surface area (Å²) < 4.78 is 37.8. The van der Waals surface area contributed by atoms with E-state index >= 15 is 0 Å². The van der Waals surface area contributed by atoms with Gasteiger partial charge < -0.3 is 15.3 Å². The van der Waals surface area contributed by atoms with E-state index in [0.29, 0.717) is 78.9 Å². The van der Waals surface area contributed by atoms with Gasteiger partial charge >= 0.3 is 5.97 Å². The van der Waals surface area contributed by atoms with Crippen LogP contribution in [-0.4, -0.2) is 75.3 Å². The number of hydrogen-bond acceptors (Lipinski definition) is 5. The Bertz CT molecular complexity index is 1620. The van der Waals surface area contributed by atoms with Gasteiger partial charge in [0.2, 0.25) is 0 Å². The Labute approximate surface area is 321 Å². The van der Waals surface area contributed by atoms with Crippen molar-refractivity contribution < 1.29 is 22.7 Å². The molecule has 8 heteroatoms. The molecule has 0 spiro atoms. The van der Waals surface area contributed by atoms with Gasteiger partial charge in [-0.1, -0.05) is 58.9 Å². The summed E-state index contributed by atoms with van der Waals surface area (Å²) in [6.07, 6.45) is 18.4. The number of nitrogens with one attached hydrogen (secondary N) is 1. The third-order valence-electron chi connectivity index (χ3n) is 18.2. The van der Waals surface area contributed by atoms with Crippen molar-refractivity contribution in [3.05, 3.63) is 35.5 Å². The molecule has 1 heterocycles. The Morgan fingerprint density at radius 3 is 2.32 bits per heavy atom. The van der Waals surface area contributed by atoms with Gasteiger partial charge in [-0.05, 0) is 171 Å². The highest BCUT2D eigenvalue weighted by atomic mass is 32.2. The molecule has 298 valence electrons. The minimum absolute atomic E-state index is 0.00749. The number of hydrogen-bond donors (Lipinski definition) is 2. The number of carbonyl (C=O) groups is 1. The summed E-state index contributed by atoms with van der Waals surface area (Å²) in [6.45, 7) is 23.5. The van der Waals surface area contributed by atoms with Crippen molar-refractivity contribution in [3.63, 3.8) is 0 Å². The van der Waals surface area contributed by atoms with Crippen LogP contribution in [0, 0.1) is 62.1 Å². The number of aliphatic carboxylic acids is 1. The Morgan fingerprint density at radius 2 is 1.68 bits per heavy atom. The molecule has 5 fully saturated rings. The van der Waals surface area contributed by atoms with Gasteiger partial charge in [0.05, 0.1) is 16.9 Å².